The van der Waals surface area contributed by atoms with Crippen LogP contribution >= 0.6 is 11.3 Å². The molecule has 1 aliphatic rings. The maximum absolute atomic E-state index is 12.4. The monoisotopic (exact) mass is 364 g/mol. The fourth-order valence-corrected chi connectivity index (χ4v) is 3.91. The first-order valence-electron chi connectivity index (χ1n) is 8.22. The van der Waals surface area contributed by atoms with E-state index >= 15 is 0 Å². The molecule has 0 saturated carbocycles. The van der Waals surface area contributed by atoms with E-state index in [0.717, 1.165) is 15.8 Å². The minimum Gasteiger partial charge on any atom is -0.486 e. The SMILES string of the molecule is C#CCn1c(=NC(=O)Cc2ccccc2)sc2cc3c(cc21)OCCO3. The Bertz CT molecular complexity index is 1070. The zero-order chi connectivity index (χ0) is 17.9. The summed E-state index contributed by atoms with van der Waals surface area (Å²) in [5.74, 6) is 3.83. The molecule has 130 valence electrons. The first kappa shape index (κ1) is 16.4. The Morgan fingerprint density at radius 2 is 1.92 bits per heavy atom. The zero-order valence-electron chi connectivity index (χ0n) is 14.0. The second-order valence-electron chi connectivity index (χ2n) is 5.81. The van der Waals surface area contributed by atoms with E-state index in [1.54, 1.807) is 0 Å². The lowest BCUT2D eigenvalue weighted by atomic mass is 10.1. The third-order valence-corrected chi connectivity index (χ3v) is 5.06. The number of carbonyl (C=O) groups excluding carboxylic acids is 1. The number of fused-ring (bicyclic) bond motifs is 2. The lowest BCUT2D eigenvalue weighted by Crippen LogP contribution is -2.17. The van der Waals surface area contributed by atoms with Crippen molar-refractivity contribution in [3.63, 3.8) is 0 Å². The fraction of sp³-hybridized carbons (Fsp3) is 0.200. The molecule has 0 saturated heterocycles. The third-order valence-electron chi connectivity index (χ3n) is 4.01. The summed E-state index contributed by atoms with van der Waals surface area (Å²) >= 11 is 1.42. The van der Waals surface area contributed by atoms with Gasteiger partial charge in [-0.15, -0.1) is 6.42 Å². The molecule has 0 radical (unpaired) electrons. The summed E-state index contributed by atoms with van der Waals surface area (Å²) in [7, 11) is 0. The first-order valence-corrected chi connectivity index (χ1v) is 9.04. The molecule has 1 amide bonds. The van der Waals surface area contributed by atoms with Gasteiger partial charge in [0.05, 0.1) is 23.2 Å². The van der Waals surface area contributed by atoms with Crippen molar-refractivity contribution in [3.8, 4) is 23.8 Å². The van der Waals surface area contributed by atoms with Gasteiger partial charge in [0.2, 0.25) is 0 Å². The predicted molar refractivity (Wildman–Crippen MR) is 100 cm³/mol. The average molecular weight is 364 g/mol. The maximum Gasteiger partial charge on any atom is 0.252 e. The van der Waals surface area contributed by atoms with Gasteiger partial charge in [-0.05, 0) is 5.56 Å². The molecular weight excluding hydrogens is 348 g/mol. The third kappa shape index (κ3) is 3.22. The maximum atomic E-state index is 12.4. The lowest BCUT2D eigenvalue weighted by molar-refractivity contribution is -0.117. The smallest absolute Gasteiger partial charge is 0.252 e. The van der Waals surface area contributed by atoms with Gasteiger partial charge >= 0.3 is 0 Å². The summed E-state index contributed by atoms with van der Waals surface area (Å²) in [6.45, 7) is 1.38. The number of rotatable bonds is 3. The van der Waals surface area contributed by atoms with Crippen molar-refractivity contribution in [2.75, 3.05) is 13.2 Å². The minimum atomic E-state index is -0.203. The van der Waals surface area contributed by atoms with E-state index in [0.29, 0.717) is 36.1 Å². The molecule has 2 heterocycles. The van der Waals surface area contributed by atoms with Crippen LogP contribution in [0.4, 0.5) is 0 Å². The van der Waals surface area contributed by atoms with Crippen LogP contribution in [0.25, 0.3) is 10.2 Å². The molecule has 0 bridgehead atoms. The molecule has 4 rings (SSSR count). The molecule has 0 aliphatic carbocycles. The fourth-order valence-electron chi connectivity index (χ4n) is 2.85. The van der Waals surface area contributed by atoms with Crippen molar-refractivity contribution in [1.29, 1.82) is 0 Å². The van der Waals surface area contributed by atoms with Crippen molar-refractivity contribution in [2.45, 2.75) is 13.0 Å². The summed E-state index contributed by atoms with van der Waals surface area (Å²) in [5.41, 5.74) is 1.83. The molecule has 0 unspecified atom stereocenters. The van der Waals surface area contributed by atoms with E-state index in [9.17, 15) is 4.79 Å². The number of amides is 1. The van der Waals surface area contributed by atoms with Gasteiger partial charge in [0.25, 0.3) is 5.91 Å². The summed E-state index contributed by atoms with van der Waals surface area (Å²) in [6, 6.07) is 13.4. The van der Waals surface area contributed by atoms with Crippen molar-refractivity contribution in [2.24, 2.45) is 4.99 Å². The highest BCUT2D eigenvalue weighted by Gasteiger charge is 2.16. The Hall–Kier alpha value is -3.04. The normalized spacial score (nSPS) is 13.6. The van der Waals surface area contributed by atoms with Crippen molar-refractivity contribution < 1.29 is 14.3 Å². The predicted octanol–water partition coefficient (Wildman–Crippen LogP) is 2.78. The average Bonchev–Trinajstić information content (AvgIpc) is 2.97. The van der Waals surface area contributed by atoms with Crippen LogP contribution in [-0.4, -0.2) is 23.7 Å². The largest absolute Gasteiger partial charge is 0.486 e. The number of aromatic nitrogens is 1. The quantitative estimate of drug-likeness (QED) is 0.672. The number of terminal acetylenes is 1. The highest BCUT2D eigenvalue weighted by molar-refractivity contribution is 7.16. The van der Waals surface area contributed by atoms with Gasteiger partial charge in [0, 0.05) is 12.1 Å². The van der Waals surface area contributed by atoms with Crippen LogP contribution in [0.15, 0.2) is 47.5 Å². The molecule has 1 aromatic heterocycles. The summed E-state index contributed by atoms with van der Waals surface area (Å²) in [5, 5.41) is 0. The zero-order valence-corrected chi connectivity index (χ0v) is 14.8. The number of thiazole rings is 1. The molecule has 3 aromatic rings. The highest BCUT2D eigenvalue weighted by atomic mass is 32.1. The molecule has 2 aromatic carbocycles. The van der Waals surface area contributed by atoms with Crippen LogP contribution in [0.1, 0.15) is 5.56 Å². The highest BCUT2D eigenvalue weighted by Crippen LogP contribution is 2.35. The van der Waals surface area contributed by atoms with Gasteiger partial charge in [0.15, 0.2) is 16.3 Å². The Morgan fingerprint density at radius 1 is 1.19 bits per heavy atom. The molecule has 0 fully saturated rings. The summed E-state index contributed by atoms with van der Waals surface area (Å²) < 4.78 is 14.1. The van der Waals surface area contributed by atoms with Crippen LogP contribution in [-0.2, 0) is 17.8 Å². The topological polar surface area (TPSA) is 52.8 Å². The Labute approximate surface area is 154 Å². The van der Waals surface area contributed by atoms with Crippen LogP contribution in [0.3, 0.4) is 0 Å². The number of benzene rings is 2. The first-order chi connectivity index (χ1) is 12.7. The molecular formula is C20H16N2O3S. The Morgan fingerprint density at radius 3 is 2.65 bits per heavy atom. The van der Waals surface area contributed by atoms with Gasteiger partial charge in [-0.1, -0.05) is 47.6 Å². The van der Waals surface area contributed by atoms with Crippen LogP contribution in [0, 0.1) is 12.3 Å². The number of nitrogens with zero attached hydrogens (tertiary/aromatic N) is 2. The molecule has 0 spiro atoms. The van der Waals surface area contributed by atoms with Gasteiger partial charge in [0.1, 0.15) is 13.2 Å². The molecule has 0 atom stereocenters. The Balaban J connectivity index is 1.77. The minimum absolute atomic E-state index is 0.203. The van der Waals surface area contributed by atoms with E-state index < -0.39 is 0 Å². The van der Waals surface area contributed by atoms with Gasteiger partial charge in [-0.3, -0.25) is 4.79 Å². The molecule has 5 nitrogen and oxygen atoms in total. The van der Waals surface area contributed by atoms with E-state index in [4.69, 9.17) is 15.9 Å². The van der Waals surface area contributed by atoms with Crippen LogP contribution < -0.4 is 14.3 Å². The van der Waals surface area contributed by atoms with E-state index in [1.807, 2.05) is 47.0 Å². The van der Waals surface area contributed by atoms with Crippen molar-refractivity contribution in [1.82, 2.24) is 4.57 Å². The van der Waals surface area contributed by atoms with E-state index in [2.05, 4.69) is 10.9 Å². The van der Waals surface area contributed by atoms with Gasteiger partial charge in [-0.25, -0.2) is 0 Å². The summed E-state index contributed by atoms with van der Waals surface area (Å²) in [4.78, 5) is 17.3. The number of carbonyl (C=O) groups is 1. The Kier molecular flexibility index (Phi) is 4.46. The molecule has 0 N–H and O–H groups in total. The van der Waals surface area contributed by atoms with Crippen molar-refractivity contribution >= 4 is 27.5 Å². The van der Waals surface area contributed by atoms with E-state index in [-0.39, 0.29) is 12.3 Å². The molecule has 26 heavy (non-hydrogen) atoms. The molecule has 6 heteroatoms. The second-order valence-corrected chi connectivity index (χ2v) is 6.82. The molecule has 1 aliphatic heterocycles. The van der Waals surface area contributed by atoms with Gasteiger partial charge in [-0.2, -0.15) is 4.99 Å². The van der Waals surface area contributed by atoms with Gasteiger partial charge < -0.3 is 14.0 Å². The van der Waals surface area contributed by atoms with E-state index in [1.165, 1.54) is 11.3 Å². The lowest BCUT2D eigenvalue weighted by Gasteiger charge is -2.18. The van der Waals surface area contributed by atoms with Crippen LogP contribution in [0.2, 0.25) is 0 Å². The second kappa shape index (κ2) is 7.06. The number of hydrogen-bond donors (Lipinski definition) is 0. The number of ether oxygens (including phenoxy) is 2. The van der Waals surface area contributed by atoms with Crippen molar-refractivity contribution in [3.05, 3.63) is 52.8 Å². The summed E-state index contributed by atoms with van der Waals surface area (Å²) in [6.07, 6.45) is 5.78. The number of hydrogen-bond acceptors (Lipinski definition) is 4. The standard InChI is InChI=1S/C20H16N2O3S/c1-2-8-22-15-12-16-17(25-10-9-24-16)13-18(15)26-20(22)21-19(23)11-14-6-4-3-5-7-14/h1,3-7,12-13H,8-11H2. The van der Waals surface area contributed by atoms with Crippen LogP contribution in [0.5, 0.6) is 11.5 Å².